The molecule has 0 radical (unpaired) electrons. The Bertz CT molecular complexity index is 453. The molecule has 0 aliphatic heterocycles. The second-order valence-corrected chi connectivity index (χ2v) is 6.90. The largest absolute Gasteiger partial charge is 0.349 e. The molecule has 0 aliphatic rings. The Morgan fingerprint density at radius 3 is 1.74 bits per heavy atom. The molecule has 0 amide bonds. The van der Waals surface area contributed by atoms with E-state index in [0.29, 0.717) is 0 Å². The summed E-state index contributed by atoms with van der Waals surface area (Å²) in [6.07, 6.45) is 27.0. The fourth-order valence-corrected chi connectivity index (χ4v) is 2.26. The van der Waals surface area contributed by atoms with E-state index in [1.54, 1.807) is 12.2 Å². The van der Waals surface area contributed by atoms with Gasteiger partial charge >= 0.3 is 7.60 Å². The molecular weight excluding hydrogens is 307 g/mol. The van der Waals surface area contributed by atoms with Crippen molar-refractivity contribution in [3.05, 3.63) is 60.5 Å². The number of rotatable bonds is 13. The standard InChI is InChI=1S/C19H31O3P/c1-2-3-4-5-6-7-8-9-10-11-12-13-14-15-16-17-18-19-23(20,21)22/h10-19H,2-9H2,1H3,(H2,20,21,22). The fourth-order valence-electron chi connectivity index (χ4n) is 1.94. The minimum absolute atomic E-state index is 0.875. The lowest BCUT2D eigenvalue weighted by Gasteiger charge is -1.98. The van der Waals surface area contributed by atoms with Gasteiger partial charge in [-0.3, -0.25) is 4.57 Å². The maximum atomic E-state index is 10.5. The van der Waals surface area contributed by atoms with Gasteiger partial charge < -0.3 is 9.79 Å². The van der Waals surface area contributed by atoms with Crippen molar-refractivity contribution in [1.29, 1.82) is 0 Å². The van der Waals surface area contributed by atoms with E-state index in [4.69, 9.17) is 9.79 Å². The Labute approximate surface area is 141 Å². The number of unbranched alkanes of at least 4 members (excludes halogenated alkanes) is 7. The van der Waals surface area contributed by atoms with Crippen molar-refractivity contribution in [3.8, 4) is 0 Å². The smallest absolute Gasteiger partial charge is 0.321 e. The molecule has 0 saturated carbocycles. The van der Waals surface area contributed by atoms with Gasteiger partial charge in [-0.2, -0.15) is 0 Å². The molecule has 0 aliphatic carbocycles. The summed E-state index contributed by atoms with van der Waals surface area (Å²) in [6, 6.07) is 0. The molecule has 0 rings (SSSR count). The van der Waals surface area contributed by atoms with Crippen LogP contribution in [0.3, 0.4) is 0 Å². The highest BCUT2D eigenvalue weighted by molar-refractivity contribution is 7.55. The van der Waals surface area contributed by atoms with Gasteiger partial charge in [0.2, 0.25) is 0 Å². The molecule has 0 unspecified atom stereocenters. The first-order chi connectivity index (χ1) is 11.1. The molecule has 0 aromatic carbocycles. The summed E-state index contributed by atoms with van der Waals surface area (Å²) in [5, 5.41) is 0. The molecule has 4 heteroatoms. The van der Waals surface area contributed by atoms with Crippen LogP contribution >= 0.6 is 7.60 Å². The van der Waals surface area contributed by atoms with Crippen LogP contribution in [0.4, 0.5) is 0 Å². The van der Waals surface area contributed by atoms with Crippen LogP contribution in [-0.2, 0) is 4.57 Å². The summed E-state index contributed by atoms with van der Waals surface area (Å²) >= 11 is 0. The molecule has 0 heterocycles. The maximum Gasteiger partial charge on any atom is 0.349 e. The zero-order valence-electron chi connectivity index (χ0n) is 14.2. The first kappa shape index (κ1) is 21.9. The van der Waals surface area contributed by atoms with Crippen molar-refractivity contribution in [3.63, 3.8) is 0 Å². The van der Waals surface area contributed by atoms with Crippen molar-refractivity contribution >= 4 is 7.60 Å². The third-order valence-electron chi connectivity index (χ3n) is 3.17. The first-order valence-corrected chi connectivity index (χ1v) is 10.1. The molecule has 0 atom stereocenters. The Morgan fingerprint density at radius 2 is 1.17 bits per heavy atom. The summed E-state index contributed by atoms with van der Waals surface area (Å²) in [7, 11) is -4.03. The third kappa shape index (κ3) is 20.9. The lowest BCUT2D eigenvalue weighted by Crippen LogP contribution is -1.78. The second kappa shape index (κ2) is 15.7. The third-order valence-corrected chi connectivity index (χ3v) is 3.73. The monoisotopic (exact) mass is 338 g/mol. The van der Waals surface area contributed by atoms with E-state index in [-0.39, 0.29) is 0 Å². The van der Waals surface area contributed by atoms with Gasteiger partial charge in [0.15, 0.2) is 0 Å². The van der Waals surface area contributed by atoms with Crippen LogP contribution in [0, 0.1) is 0 Å². The predicted molar refractivity (Wildman–Crippen MR) is 100 cm³/mol. The molecule has 3 nitrogen and oxygen atoms in total. The van der Waals surface area contributed by atoms with Gasteiger partial charge in [-0.15, -0.1) is 0 Å². The Balaban J connectivity index is 3.58. The van der Waals surface area contributed by atoms with Crippen LogP contribution in [-0.4, -0.2) is 9.79 Å². The molecule has 23 heavy (non-hydrogen) atoms. The number of hydrogen-bond donors (Lipinski definition) is 2. The summed E-state index contributed by atoms with van der Waals surface area (Å²) < 4.78 is 10.5. The van der Waals surface area contributed by atoms with Crippen LogP contribution in [0.2, 0.25) is 0 Å². The summed E-state index contributed by atoms with van der Waals surface area (Å²) in [4.78, 5) is 17.2. The van der Waals surface area contributed by atoms with Gasteiger partial charge in [0, 0.05) is 5.82 Å². The average Bonchev–Trinajstić information content (AvgIpc) is 2.49. The van der Waals surface area contributed by atoms with E-state index < -0.39 is 7.60 Å². The molecule has 0 saturated heterocycles. The zero-order valence-corrected chi connectivity index (χ0v) is 15.1. The Hall–Kier alpha value is -1.15. The SMILES string of the molecule is CCCCCCCCCC=CC=CC=CC=CC=CP(=O)(O)O. The van der Waals surface area contributed by atoms with E-state index in [9.17, 15) is 4.57 Å². The molecule has 0 aromatic rings. The average molecular weight is 338 g/mol. The normalized spacial score (nSPS) is 13.7. The molecule has 130 valence electrons. The van der Waals surface area contributed by atoms with Crippen molar-refractivity contribution in [2.45, 2.75) is 58.3 Å². The molecule has 0 bridgehead atoms. The summed E-state index contributed by atoms with van der Waals surface area (Å²) in [5.41, 5.74) is 0. The van der Waals surface area contributed by atoms with Crippen molar-refractivity contribution in [2.24, 2.45) is 0 Å². The van der Waals surface area contributed by atoms with Gasteiger partial charge in [-0.25, -0.2) is 0 Å². The van der Waals surface area contributed by atoms with Crippen LogP contribution in [0.5, 0.6) is 0 Å². The highest BCUT2D eigenvalue weighted by Crippen LogP contribution is 2.35. The van der Waals surface area contributed by atoms with Gasteiger partial charge in [0.25, 0.3) is 0 Å². The number of allylic oxidation sites excluding steroid dienone is 9. The lowest BCUT2D eigenvalue weighted by atomic mass is 10.1. The highest BCUT2D eigenvalue weighted by atomic mass is 31.2. The number of hydrogen-bond acceptors (Lipinski definition) is 1. The Kier molecular flexibility index (Phi) is 14.9. The maximum absolute atomic E-state index is 10.5. The first-order valence-electron chi connectivity index (χ1n) is 8.46. The molecule has 0 fully saturated rings. The quantitative estimate of drug-likeness (QED) is 0.244. The van der Waals surface area contributed by atoms with E-state index in [1.165, 1.54) is 51.0 Å². The summed E-state index contributed by atoms with van der Waals surface area (Å²) in [5.74, 6) is 0.875. The molecule has 2 N–H and O–H groups in total. The van der Waals surface area contributed by atoms with Gasteiger partial charge in [0.1, 0.15) is 0 Å². The van der Waals surface area contributed by atoms with Crippen LogP contribution in [0.25, 0.3) is 0 Å². The molecular formula is C19H31O3P. The van der Waals surface area contributed by atoms with Crippen LogP contribution in [0.15, 0.2) is 60.5 Å². The minimum Gasteiger partial charge on any atom is -0.321 e. The van der Waals surface area contributed by atoms with Crippen LogP contribution < -0.4 is 0 Å². The minimum atomic E-state index is -4.03. The van der Waals surface area contributed by atoms with Crippen LogP contribution in [0.1, 0.15) is 58.3 Å². The summed E-state index contributed by atoms with van der Waals surface area (Å²) in [6.45, 7) is 2.24. The predicted octanol–water partition coefficient (Wildman–Crippen LogP) is 6.04. The van der Waals surface area contributed by atoms with E-state index >= 15 is 0 Å². The van der Waals surface area contributed by atoms with E-state index in [2.05, 4.69) is 19.1 Å². The Morgan fingerprint density at radius 1 is 0.696 bits per heavy atom. The van der Waals surface area contributed by atoms with Gasteiger partial charge in [-0.1, -0.05) is 100 Å². The zero-order chi connectivity index (χ0) is 17.2. The van der Waals surface area contributed by atoms with Crippen molar-refractivity contribution in [1.82, 2.24) is 0 Å². The second-order valence-electron chi connectivity index (χ2n) is 5.42. The molecule has 0 spiro atoms. The topological polar surface area (TPSA) is 57.5 Å². The van der Waals surface area contributed by atoms with E-state index in [1.807, 2.05) is 24.3 Å². The molecule has 0 aromatic heterocycles. The van der Waals surface area contributed by atoms with Crippen molar-refractivity contribution < 1.29 is 14.4 Å². The highest BCUT2D eigenvalue weighted by Gasteiger charge is 2.03. The van der Waals surface area contributed by atoms with Gasteiger partial charge in [0.05, 0.1) is 0 Å². The fraction of sp³-hybridized carbons (Fsp3) is 0.474. The van der Waals surface area contributed by atoms with Gasteiger partial charge in [-0.05, 0) is 12.8 Å². The lowest BCUT2D eigenvalue weighted by molar-refractivity contribution is 0.386. The van der Waals surface area contributed by atoms with Crippen molar-refractivity contribution in [2.75, 3.05) is 0 Å². The van der Waals surface area contributed by atoms with E-state index in [0.717, 1.165) is 12.2 Å².